The van der Waals surface area contributed by atoms with Crippen LogP contribution in [0.4, 0.5) is 4.79 Å². The highest BCUT2D eigenvalue weighted by molar-refractivity contribution is 5.94. The summed E-state index contributed by atoms with van der Waals surface area (Å²) in [5.41, 5.74) is 0.529. The quantitative estimate of drug-likeness (QED) is 0.627. The van der Waals surface area contributed by atoms with Gasteiger partial charge in [-0.1, -0.05) is 31.5 Å². The van der Waals surface area contributed by atoms with Gasteiger partial charge in [-0.15, -0.1) is 0 Å². The molecule has 7 nitrogen and oxygen atoms in total. The third-order valence-electron chi connectivity index (χ3n) is 4.10. The topological polar surface area (TPSA) is 84.9 Å². The second kappa shape index (κ2) is 9.05. The molecular weight excluding hydrogens is 324 g/mol. The Kier molecular flexibility index (Phi) is 6.80. The van der Waals surface area contributed by atoms with Crippen LogP contribution >= 0.6 is 0 Å². The monoisotopic (exact) mass is 348 g/mol. The number of benzene rings is 1. The number of hydrogen-bond acceptors (Lipinski definition) is 5. The summed E-state index contributed by atoms with van der Waals surface area (Å²) in [7, 11) is 1.28. The largest absolute Gasteiger partial charge is 0.467 e. The molecule has 0 aromatic heterocycles. The van der Waals surface area contributed by atoms with E-state index in [0.29, 0.717) is 18.6 Å². The Morgan fingerprint density at radius 2 is 1.96 bits per heavy atom. The van der Waals surface area contributed by atoms with Crippen LogP contribution in [0.3, 0.4) is 0 Å². The number of methoxy groups -OCH3 is 1. The number of ether oxygens (including phenoxy) is 2. The molecule has 1 aliphatic rings. The number of esters is 1. The van der Waals surface area contributed by atoms with Gasteiger partial charge in [-0.25, -0.2) is 9.59 Å². The Morgan fingerprint density at radius 1 is 1.24 bits per heavy atom. The third-order valence-corrected chi connectivity index (χ3v) is 4.10. The van der Waals surface area contributed by atoms with E-state index in [4.69, 9.17) is 9.47 Å². The van der Waals surface area contributed by atoms with Crippen molar-refractivity contribution in [1.29, 1.82) is 0 Å². The lowest BCUT2D eigenvalue weighted by molar-refractivity contribution is -0.145. The van der Waals surface area contributed by atoms with Crippen LogP contribution in [0, 0.1) is 0 Å². The maximum Gasteiger partial charge on any atom is 0.410 e. The molecule has 0 aliphatic carbocycles. The van der Waals surface area contributed by atoms with E-state index in [1.165, 1.54) is 12.0 Å². The zero-order valence-electron chi connectivity index (χ0n) is 14.6. The van der Waals surface area contributed by atoms with Crippen molar-refractivity contribution in [2.45, 2.75) is 38.3 Å². The van der Waals surface area contributed by atoms with Crippen LogP contribution in [-0.4, -0.2) is 55.2 Å². The summed E-state index contributed by atoms with van der Waals surface area (Å²) in [6, 6.07) is 7.71. The van der Waals surface area contributed by atoms with Gasteiger partial charge in [0, 0.05) is 24.6 Å². The SMILES string of the molecule is CCCCOC(=O)N1C[C@@H](NC(=O)c2ccccc2)C[C@H]1C(=O)OC. The fourth-order valence-electron chi connectivity index (χ4n) is 2.75. The van der Waals surface area contributed by atoms with Crippen LogP contribution in [0.1, 0.15) is 36.5 Å². The molecule has 0 saturated carbocycles. The van der Waals surface area contributed by atoms with E-state index < -0.39 is 18.1 Å². The molecule has 2 atom stereocenters. The molecular formula is C18H24N2O5. The first kappa shape index (κ1) is 18.8. The van der Waals surface area contributed by atoms with Gasteiger partial charge < -0.3 is 14.8 Å². The lowest BCUT2D eigenvalue weighted by Gasteiger charge is -2.21. The van der Waals surface area contributed by atoms with Crippen LogP contribution in [0.2, 0.25) is 0 Å². The van der Waals surface area contributed by atoms with E-state index >= 15 is 0 Å². The van der Waals surface area contributed by atoms with Gasteiger partial charge in [-0.3, -0.25) is 9.69 Å². The van der Waals surface area contributed by atoms with Gasteiger partial charge in [0.05, 0.1) is 13.7 Å². The highest BCUT2D eigenvalue weighted by Gasteiger charge is 2.41. The minimum atomic E-state index is -0.750. The fourth-order valence-corrected chi connectivity index (χ4v) is 2.75. The van der Waals surface area contributed by atoms with Gasteiger partial charge in [-0.2, -0.15) is 0 Å². The van der Waals surface area contributed by atoms with Gasteiger partial charge in [0.1, 0.15) is 6.04 Å². The molecule has 7 heteroatoms. The minimum absolute atomic E-state index is 0.212. The molecule has 0 bridgehead atoms. The molecule has 2 rings (SSSR count). The Labute approximate surface area is 147 Å². The summed E-state index contributed by atoms with van der Waals surface area (Å²) in [6.07, 6.45) is 1.41. The first-order valence-electron chi connectivity index (χ1n) is 8.44. The second-order valence-corrected chi connectivity index (χ2v) is 5.93. The van der Waals surface area contributed by atoms with Gasteiger partial charge in [0.25, 0.3) is 5.91 Å². The molecule has 1 aliphatic heterocycles. The number of hydrogen-bond donors (Lipinski definition) is 1. The summed E-state index contributed by atoms with van der Waals surface area (Å²) in [6.45, 7) is 2.51. The molecule has 1 N–H and O–H groups in total. The lowest BCUT2D eigenvalue weighted by atomic mass is 10.1. The van der Waals surface area contributed by atoms with Crippen molar-refractivity contribution >= 4 is 18.0 Å². The molecule has 1 aromatic carbocycles. The lowest BCUT2D eigenvalue weighted by Crippen LogP contribution is -2.42. The number of carbonyl (C=O) groups is 3. The fraction of sp³-hybridized carbons (Fsp3) is 0.500. The summed E-state index contributed by atoms with van der Waals surface area (Å²) in [5, 5.41) is 2.86. The number of likely N-dealkylation sites (tertiary alicyclic amines) is 1. The van der Waals surface area contributed by atoms with Crippen LogP contribution in [0.25, 0.3) is 0 Å². The first-order chi connectivity index (χ1) is 12.1. The van der Waals surface area contributed by atoms with Crippen molar-refractivity contribution in [2.24, 2.45) is 0 Å². The van der Waals surface area contributed by atoms with Crippen LogP contribution in [-0.2, 0) is 14.3 Å². The summed E-state index contributed by atoms with van der Waals surface area (Å²) < 4.78 is 9.97. The zero-order valence-corrected chi connectivity index (χ0v) is 14.6. The normalized spacial score (nSPS) is 19.4. The summed E-state index contributed by atoms with van der Waals surface area (Å²) in [5.74, 6) is -0.751. The Balaban J connectivity index is 2.01. The molecule has 25 heavy (non-hydrogen) atoms. The van der Waals surface area contributed by atoms with Gasteiger partial charge in [-0.05, 0) is 18.6 Å². The van der Waals surface area contributed by atoms with E-state index in [1.54, 1.807) is 24.3 Å². The van der Waals surface area contributed by atoms with Crippen molar-refractivity contribution in [3.8, 4) is 0 Å². The molecule has 0 radical (unpaired) electrons. The standard InChI is InChI=1S/C18H24N2O5/c1-3-4-10-25-18(23)20-12-14(11-15(20)17(22)24-2)19-16(21)13-8-6-5-7-9-13/h5-9,14-15H,3-4,10-12H2,1-2H3,(H,19,21)/t14-,15-/m0/s1. The molecule has 136 valence electrons. The second-order valence-electron chi connectivity index (χ2n) is 5.93. The van der Waals surface area contributed by atoms with Crippen molar-refractivity contribution in [3.05, 3.63) is 35.9 Å². The Morgan fingerprint density at radius 3 is 2.60 bits per heavy atom. The van der Waals surface area contributed by atoms with E-state index in [1.807, 2.05) is 13.0 Å². The molecule has 1 saturated heterocycles. The third kappa shape index (κ3) is 4.95. The number of amides is 2. The van der Waals surface area contributed by atoms with E-state index in [0.717, 1.165) is 12.8 Å². The number of nitrogens with one attached hydrogen (secondary N) is 1. The van der Waals surface area contributed by atoms with Crippen LogP contribution < -0.4 is 5.32 Å². The highest BCUT2D eigenvalue weighted by atomic mass is 16.6. The number of nitrogens with zero attached hydrogens (tertiary/aromatic N) is 1. The summed E-state index contributed by atoms with van der Waals surface area (Å²) in [4.78, 5) is 37.8. The van der Waals surface area contributed by atoms with Gasteiger partial charge >= 0.3 is 12.1 Å². The average Bonchev–Trinajstić information content (AvgIpc) is 3.05. The van der Waals surface area contributed by atoms with Crippen LogP contribution in [0.5, 0.6) is 0 Å². The van der Waals surface area contributed by atoms with Crippen LogP contribution in [0.15, 0.2) is 30.3 Å². The zero-order chi connectivity index (χ0) is 18.2. The van der Waals surface area contributed by atoms with Crippen molar-refractivity contribution in [2.75, 3.05) is 20.3 Å². The van der Waals surface area contributed by atoms with Crippen molar-refractivity contribution < 1.29 is 23.9 Å². The van der Waals surface area contributed by atoms with E-state index in [2.05, 4.69) is 5.32 Å². The van der Waals surface area contributed by atoms with E-state index in [9.17, 15) is 14.4 Å². The van der Waals surface area contributed by atoms with Crippen molar-refractivity contribution in [3.63, 3.8) is 0 Å². The maximum atomic E-state index is 12.3. The highest BCUT2D eigenvalue weighted by Crippen LogP contribution is 2.21. The van der Waals surface area contributed by atoms with Gasteiger partial charge in [0.2, 0.25) is 0 Å². The Bertz CT molecular complexity index is 605. The predicted octanol–water partition coefficient (Wildman–Crippen LogP) is 1.97. The Hall–Kier alpha value is -2.57. The molecule has 0 unspecified atom stereocenters. The molecule has 1 heterocycles. The number of carbonyl (C=O) groups excluding carboxylic acids is 3. The molecule has 1 fully saturated rings. The number of rotatable bonds is 6. The first-order valence-corrected chi connectivity index (χ1v) is 8.44. The minimum Gasteiger partial charge on any atom is -0.467 e. The van der Waals surface area contributed by atoms with Crippen molar-refractivity contribution in [1.82, 2.24) is 10.2 Å². The van der Waals surface area contributed by atoms with Gasteiger partial charge in [0.15, 0.2) is 0 Å². The van der Waals surface area contributed by atoms with E-state index in [-0.39, 0.29) is 18.5 Å². The molecule has 2 amide bonds. The maximum absolute atomic E-state index is 12.3. The summed E-state index contributed by atoms with van der Waals surface area (Å²) >= 11 is 0. The molecule has 0 spiro atoms. The smallest absolute Gasteiger partial charge is 0.410 e. The predicted molar refractivity (Wildman–Crippen MR) is 91.1 cm³/mol. The average molecular weight is 348 g/mol. The number of unbranched alkanes of at least 4 members (excludes halogenated alkanes) is 1. The molecule has 1 aromatic rings.